The molecule has 1 N–H and O–H groups in total. The average Bonchev–Trinajstić information content (AvgIpc) is 3.40. The zero-order valence-corrected chi connectivity index (χ0v) is 22.1. The lowest BCUT2D eigenvalue weighted by molar-refractivity contribution is -0.117. The third kappa shape index (κ3) is 5.13. The Morgan fingerprint density at radius 3 is 2.31 bits per heavy atom. The molecule has 11 heteroatoms. The minimum atomic E-state index is -1.38. The van der Waals surface area contributed by atoms with Gasteiger partial charge in [-0.3, -0.25) is 9.59 Å². The van der Waals surface area contributed by atoms with Gasteiger partial charge in [-0.2, -0.15) is 5.26 Å². The SMILES string of the molecule is CN(C(=O)c1cc(NC(=O)C2C(c3cc(Cl)cc(Cl)c3)C2(Cl)Cl)ccc1Cl)c1ccc(C#N)cc1F. The van der Waals surface area contributed by atoms with E-state index < -0.39 is 33.8 Å². The zero-order valence-electron chi connectivity index (χ0n) is 18.3. The van der Waals surface area contributed by atoms with E-state index in [1.807, 2.05) is 6.07 Å². The predicted octanol–water partition coefficient (Wildman–Crippen LogP) is 7.46. The number of rotatable bonds is 5. The number of nitrogens with zero attached hydrogens (tertiary/aromatic N) is 2. The standard InChI is InChI=1S/C25H15Cl5FN3O2/c1-34(20-5-2-12(11-32)6-19(20)31)24(36)17-10-16(3-4-18(17)28)33-23(35)22-21(25(22,29)30)13-7-14(26)9-15(27)8-13/h2-10,21-22H,1H3,(H,33,35). The summed E-state index contributed by atoms with van der Waals surface area (Å²) in [6.07, 6.45) is 0. The predicted molar refractivity (Wildman–Crippen MR) is 141 cm³/mol. The van der Waals surface area contributed by atoms with Crippen LogP contribution in [0.3, 0.4) is 0 Å². The first-order valence-corrected chi connectivity index (χ1v) is 12.2. The summed E-state index contributed by atoms with van der Waals surface area (Å²) in [4.78, 5) is 27.2. The van der Waals surface area contributed by atoms with Gasteiger partial charge in [-0.15, -0.1) is 23.2 Å². The van der Waals surface area contributed by atoms with Gasteiger partial charge in [0.2, 0.25) is 5.91 Å². The maximum absolute atomic E-state index is 14.4. The number of halogens is 6. The summed E-state index contributed by atoms with van der Waals surface area (Å²) in [5.41, 5.74) is 0.987. The van der Waals surface area contributed by atoms with Crippen LogP contribution < -0.4 is 10.2 Å². The van der Waals surface area contributed by atoms with Crippen LogP contribution in [0.1, 0.15) is 27.4 Å². The third-order valence-electron chi connectivity index (χ3n) is 5.79. The summed E-state index contributed by atoms with van der Waals surface area (Å²) >= 11 is 31.2. The Morgan fingerprint density at radius 2 is 1.69 bits per heavy atom. The molecule has 2 atom stereocenters. The van der Waals surface area contributed by atoms with Gasteiger partial charge in [-0.25, -0.2) is 4.39 Å². The van der Waals surface area contributed by atoms with Crippen LogP contribution >= 0.6 is 58.0 Å². The fourth-order valence-corrected chi connectivity index (χ4v) is 5.52. The van der Waals surface area contributed by atoms with Gasteiger partial charge in [0.1, 0.15) is 10.2 Å². The van der Waals surface area contributed by atoms with Gasteiger partial charge in [0.25, 0.3) is 5.91 Å². The Labute approximate surface area is 231 Å². The van der Waals surface area contributed by atoms with Crippen LogP contribution in [0, 0.1) is 23.1 Å². The largest absolute Gasteiger partial charge is 0.326 e. The normalized spacial score (nSPS) is 17.7. The topological polar surface area (TPSA) is 73.2 Å². The molecule has 0 radical (unpaired) electrons. The molecule has 3 aromatic carbocycles. The second-order valence-corrected chi connectivity index (χ2v) is 10.9. The molecule has 1 aliphatic rings. The molecule has 0 bridgehead atoms. The second-order valence-electron chi connectivity index (χ2n) is 8.16. The molecule has 2 amide bonds. The molecule has 36 heavy (non-hydrogen) atoms. The van der Waals surface area contributed by atoms with Crippen LogP contribution in [-0.2, 0) is 4.79 Å². The van der Waals surface area contributed by atoms with Crippen LogP contribution in [0.15, 0.2) is 54.6 Å². The molecule has 5 nitrogen and oxygen atoms in total. The Bertz CT molecular complexity index is 1420. The van der Waals surface area contributed by atoms with Crippen molar-refractivity contribution in [3.05, 3.63) is 92.2 Å². The maximum Gasteiger partial charge on any atom is 0.259 e. The van der Waals surface area contributed by atoms with E-state index in [4.69, 9.17) is 63.3 Å². The van der Waals surface area contributed by atoms with Crippen molar-refractivity contribution in [2.45, 2.75) is 10.3 Å². The maximum atomic E-state index is 14.4. The van der Waals surface area contributed by atoms with Crippen molar-refractivity contribution >= 4 is 81.2 Å². The van der Waals surface area contributed by atoms with Crippen LogP contribution in [0.5, 0.6) is 0 Å². The molecular formula is C25H15Cl5FN3O2. The number of carbonyl (C=O) groups excluding carboxylic acids is 2. The first-order valence-electron chi connectivity index (χ1n) is 10.4. The molecule has 1 fully saturated rings. The number of hydrogen-bond donors (Lipinski definition) is 1. The lowest BCUT2D eigenvalue weighted by atomic mass is 10.1. The zero-order chi connectivity index (χ0) is 26.4. The molecule has 0 aromatic heterocycles. The number of amides is 2. The Balaban J connectivity index is 1.55. The molecule has 184 valence electrons. The van der Waals surface area contributed by atoms with Crippen molar-refractivity contribution in [3.8, 4) is 6.07 Å². The number of anilines is 2. The van der Waals surface area contributed by atoms with Gasteiger partial charge in [-0.05, 0) is 60.2 Å². The van der Waals surface area contributed by atoms with Gasteiger partial charge in [0.05, 0.1) is 33.8 Å². The van der Waals surface area contributed by atoms with Crippen molar-refractivity contribution in [3.63, 3.8) is 0 Å². The average molecular weight is 586 g/mol. The highest BCUT2D eigenvalue weighted by molar-refractivity contribution is 6.53. The molecule has 0 aliphatic heterocycles. The van der Waals surface area contributed by atoms with Crippen molar-refractivity contribution < 1.29 is 14.0 Å². The van der Waals surface area contributed by atoms with Gasteiger partial charge >= 0.3 is 0 Å². The van der Waals surface area contributed by atoms with Crippen molar-refractivity contribution in [2.24, 2.45) is 5.92 Å². The fourth-order valence-electron chi connectivity index (χ4n) is 3.95. The minimum Gasteiger partial charge on any atom is -0.326 e. The number of nitrogens with one attached hydrogen (secondary N) is 1. The number of benzene rings is 3. The van der Waals surface area contributed by atoms with Crippen molar-refractivity contribution in [1.82, 2.24) is 0 Å². The van der Waals surface area contributed by atoms with Gasteiger partial charge in [-0.1, -0.05) is 34.8 Å². The van der Waals surface area contributed by atoms with Gasteiger partial charge in [0.15, 0.2) is 0 Å². The molecule has 0 saturated heterocycles. The molecule has 0 heterocycles. The van der Waals surface area contributed by atoms with Crippen LogP contribution in [0.4, 0.5) is 15.8 Å². The first kappa shape index (κ1) is 26.5. The second kappa shape index (κ2) is 10.1. The minimum absolute atomic E-state index is 0.0257. The summed E-state index contributed by atoms with van der Waals surface area (Å²) in [6, 6.07) is 14.7. The molecule has 1 aliphatic carbocycles. The molecular weight excluding hydrogens is 571 g/mol. The van der Waals surface area contributed by atoms with Crippen LogP contribution in [0.25, 0.3) is 0 Å². The molecule has 3 aromatic rings. The summed E-state index contributed by atoms with van der Waals surface area (Å²) in [5, 5.41) is 12.5. The number of nitriles is 1. The van der Waals surface area contributed by atoms with Crippen molar-refractivity contribution in [2.75, 3.05) is 17.3 Å². The highest BCUT2D eigenvalue weighted by Crippen LogP contribution is 2.65. The van der Waals surface area contributed by atoms with E-state index in [0.717, 1.165) is 11.0 Å². The van der Waals surface area contributed by atoms with E-state index in [9.17, 15) is 14.0 Å². The van der Waals surface area contributed by atoms with E-state index in [1.54, 1.807) is 18.2 Å². The van der Waals surface area contributed by atoms with Gasteiger partial charge < -0.3 is 10.2 Å². The highest BCUT2D eigenvalue weighted by atomic mass is 35.5. The summed E-state index contributed by atoms with van der Waals surface area (Å²) < 4.78 is 13.1. The summed E-state index contributed by atoms with van der Waals surface area (Å²) in [6.45, 7) is 0. The Morgan fingerprint density at radius 1 is 1.03 bits per heavy atom. The van der Waals surface area contributed by atoms with E-state index in [0.29, 0.717) is 15.6 Å². The van der Waals surface area contributed by atoms with E-state index in [1.165, 1.54) is 37.4 Å². The number of hydrogen-bond acceptors (Lipinski definition) is 3. The smallest absolute Gasteiger partial charge is 0.259 e. The van der Waals surface area contributed by atoms with Gasteiger partial charge in [0, 0.05) is 28.7 Å². The molecule has 0 spiro atoms. The quantitative estimate of drug-likeness (QED) is 0.316. The van der Waals surface area contributed by atoms with E-state index in [-0.39, 0.29) is 27.5 Å². The van der Waals surface area contributed by atoms with Crippen LogP contribution in [0.2, 0.25) is 15.1 Å². The third-order valence-corrected chi connectivity index (χ3v) is 7.49. The monoisotopic (exact) mass is 583 g/mol. The van der Waals surface area contributed by atoms with Crippen molar-refractivity contribution in [1.29, 1.82) is 5.26 Å². The van der Waals surface area contributed by atoms with E-state index in [2.05, 4.69) is 5.32 Å². The van der Waals surface area contributed by atoms with E-state index >= 15 is 0 Å². The Hall–Kier alpha value is -2.53. The summed E-state index contributed by atoms with van der Waals surface area (Å²) in [5.74, 6) is -3.20. The Kier molecular flexibility index (Phi) is 7.43. The first-order chi connectivity index (χ1) is 16.9. The lowest BCUT2D eigenvalue weighted by Gasteiger charge is -2.19. The molecule has 4 rings (SSSR count). The fraction of sp³-hybridized carbons (Fsp3) is 0.160. The lowest BCUT2D eigenvalue weighted by Crippen LogP contribution is -2.27. The molecule has 1 saturated carbocycles. The molecule has 2 unspecified atom stereocenters. The summed E-state index contributed by atoms with van der Waals surface area (Å²) in [7, 11) is 1.37. The van der Waals surface area contributed by atoms with Crippen LogP contribution in [-0.4, -0.2) is 23.2 Å². The highest BCUT2D eigenvalue weighted by Gasteiger charge is 2.67. The number of carbonyl (C=O) groups is 2. The number of alkyl halides is 2.